The SMILES string of the molecule is CC(C)(C)c1cc(C(=O)N2CCNC(=O)CC2)c(NC(=O)NC2CCNCC2)s1. The van der Waals surface area contributed by atoms with Gasteiger partial charge in [-0.2, -0.15) is 0 Å². The maximum absolute atomic E-state index is 13.2. The molecule has 1 aromatic rings. The molecule has 2 saturated heterocycles. The van der Waals surface area contributed by atoms with Crippen molar-refractivity contribution in [3.63, 3.8) is 0 Å². The first kappa shape index (κ1) is 21.6. The van der Waals surface area contributed by atoms with E-state index in [1.807, 2.05) is 6.07 Å². The lowest BCUT2D eigenvalue weighted by atomic mass is 9.94. The summed E-state index contributed by atoms with van der Waals surface area (Å²) in [6.07, 6.45) is 2.08. The van der Waals surface area contributed by atoms with Gasteiger partial charge in [0.05, 0.1) is 5.56 Å². The van der Waals surface area contributed by atoms with Crippen molar-refractivity contribution < 1.29 is 14.4 Å². The van der Waals surface area contributed by atoms with Crippen LogP contribution in [0.25, 0.3) is 0 Å². The second-order valence-corrected chi connectivity index (χ2v) is 9.67. The zero-order valence-electron chi connectivity index (χ0n) is 17.4. The van der Waals surface area contributed by atoms with Crippen LogP contribution in [-0.2, 0) is 10.2 Å². The molecule has 0 aromatic carbocycles. The van der Waals surface area contributed by atoms with Crippen molar-refractivity contribution in [2.75, 3.05) is 38.0 Å². The highest BCUT2D eigenvalue weighted by Gasteiger charge is 2.28. The van der Waals surface area contributed by atoms with Crippen LogP contribution in [0.4, 0.5) is 9.80 Å². The Morgan fingerprint density at radius 2 is 1.90 bits per heavy atom. The molecule has 0 aliphatic carbocycles. The van der Waals surface area contributed by atoms with Crippen LogP contribution in [0, 0.1) is 0 Å². The van der Waals surface area contributed by atoms with E-state index in [0.717, 1.165) is 30.8 Å². The van der Waals surface area contributed by atoms with Crippen molar-refractivity contribution in [3.8, 4) is 0 Å². The van der Waals surface area contributed by atoms with Crippen molar-refractivity contribution >= 4 is 34.2 Å². The number of urea groups is 1. The summed E-state index contributed by atoms with van der Waals surface area (Å²) in [5, 5.41) is 12.6. The average molecular weight is 422 g/mol. The third-order valence-corrected chi connectivity index (χ3v) is 6.68. The molecule has 4 amide bonds. The predicted molar refractivity (Wildman–Crippen MR) is 115 cm³/mol. The first-order valence-electron chi connectivity index (χ1n) is 10.2. The zero-order chi connectivity index (χ0) is 21.0. The van der Waals surface area contributed by atoms with Gasteiger partial charge in [0.25, 0.3) is 5.91 Å². The zero-order valence-corrected chi connectivity index (χ0v) is 18.2. The highest BCUT2D eigenvalue weighted by atomic mass is 32.1. The number of hydrogen-bond donors (Lipinski definition) is 4. The summed E-state index contributed by atoms with van der Waals surface area (Å²) in [6, 6.07) is 1.74. The maximum atomic E-state index is 13.2. The van der Waals surface area contributed by atoms with Gasteiger partial charge >= 0.3 is 6.03 Å². The number of hydrogen-bond acceptors (Lipinski definition) is 5. The summed E-state index contributed by atoms with van der Waals surface area (Å²) in [5.41, 5.74) is 0.358. The molecule has 0 spiro atoms. The molecule has 0 radical (unpaired) electrons. The summed E-state index contributed by atoms with van der Waals surface area (Å²) in [4.78, 5) is 40.1. The molecule has 4 N–H and O–H groups in total. The lowest BCUT2D eigenvalue weighted by molar-refractivity contribution is -0.120. The van der Waals surface area contributed by atoms with Gasteiger partial charge in [-0.25, -0.2) is 4.79 Å². The molecule has 2 aliphatic rings. The minimum Gasteiger partial charge on any atom is -0.354 e. The van der Waals surface area contributed by atoms with Gasteiger partial charge in [-0.3, -0.25) is 14.9 Å². The van der Waals surface area contributed by atoms with E-state index in [2.05, 4.69) is 42.0 Å². The van der Waals surface area contributed by atoms with E-state index in [1.54, 1.807) is 4.90 Å². The van der Waals surface area contributed by atoms with Gasteiger partial charge in [0, 0.05) is 37.0 Å². The fourth-order valence-corrected chi connectivity index (χ4v) is 4.55. The molecular weight excluding hydrogens is 390 g/mol. The van der Waals surface area contributed by atoms with Crippen LogP contribution in [0.5, 0.6) is 0 Å². The standard InChI is InChI=1S/C20H31N5O3S/c1-20(2,3)15-12-14(18(27)25-10-6-16(26)22-9-11-25)17(29-15)24-19(28)23-13-4-7-21-8-5-13/h12-13,21H,4-11H2,1-3H3,(H,22,26)(H2,23,24,28). The average Bonchev–Trinajstić information content (AvgIpc) is 2.96. The van der Waals surface area contributed by atoms with Crippen LogP contribution >= 0.6 is 11.3 Å². The number of carbonyl (C=O) groups excluding carboxylic acids is 3. The van der Waals surface area contributed by atoms with E-state index in [4.69, 9.17) is 0 Å². The van der Waals surface area contributed by atoms with Crippen LogP contribution in [0.1, 0.15) is 55.3 Å². The van der Waals surface area contributed by atoms with E-state index in [9.17, 15) is 14.4 Å². The first-order chi connectivity index (χ1) is 13.7. The summed E-state index contributed by atoms with van der Waals surface area (Å²) < 4.78 is 0. The minimum absolute atomic E-state index is 0.0410. The second kappa shape index (κ2) is 9.13. The molecule has 0 bridgehead atoms. The second-order valence-electron chi connectivity index (χ2n) is 8.62. The minimum atomic E-state index is -0.277. The van der Waals surface area contributed by atoms with Crippen molar-refractivity contribution in [2.45, 2.75) is 51.5 Å². The maximum Gasteiger partial charge on any atom is 0.320 e. The molecule has 2 aliphatic heterocycles. The van der Waals surface area contributed by atoms with Gasteiger partial charge in [0.2, 0.25) is 5.91 Å². The van der Waals surface area contributed by atoms with Gasteiger partial charge in [0.1, 0.15) is 5.00 Å². The number of nitrogens with one attached hydrogen (secondary N) is 4. The summed E-state index contributed by atoms with van der Waals surface area (Å²) in [7, 11) is 0. The number of anilines is 1. The molecule has 0 saturated carbocycles. The number of rotatable bonds is 3. The molecule has 3 rings (SSSR count). The van der Waals surface area contributed by atoms with Crippen molar-refractivity contribution in [1.29, 1.82) is 0 Å². The molecule has 9 heteroatoms. The van der Waals surface area contributed by atoms with Crippen molar-refractivity contribution in [2.24, 2.45) is 0 Å². The quantitative estimate of drug-likeness (QED) is 0.598. The van der Waals surface area contributed by atoms with Crippen LogP contribution in [0.15, 0.2) is 6.07 Å². The first-order valence-corrected chi connectivity index (χ1v) is 11.0. The third kappa shape index (κ3) is 5.70. The molecule has 160 valence electrons. The Labute approximate surface area is 175 Å². The highest BCUT2D eigenvalue weighted by molar-refractivity contribution is 7.16. The van der Waals surface area contributed by atoms with Gasteiger partial charge in [-0.1, -0.05) is 20.8 Å². The predicted octanol–water partition coefficient (Wildman–Crippen LogP) is 1.88. The van der Waals surface area contributed by atoms with E-state index < -0.39 is 0 Å². The van der Waals surface area contributed by atoms with Crippen LogP contribution in [-0.4, -0.2) is 61.5 Å². The fourth-order valence-electron chi connectivity index (χ4n) is 3.44. The molecule has 2 fully saturated rings. The molecular formula is C20H31N5O3S. The van der Waals surface area contributed by atoms with E-state index in [0.29, 0.717) is 36.6 Å². The molecule has 0 unspecified atom stereocenters. The number of thiophene rings is 1. The lowest BCUT2D eigenvalue weighted by Gasteiger charge is -2.24. The van der Waals surface area contributed by atoms with Crippen LogP contribution in [0.2, 0.25) is 0 Å². The van der Waals surface area contributed by atoms with Crippen molar-refractivity contribution in [1.82, 2.24) is 20.9 Å². The molecule has 29 heavy (non-hydrogen) atoms. The normalized spacial score (nSPS) is 18.7. The Kier molecular flexibility index (Phi) is 6.79. The Balaban J connectivity index is 1.77. The van der Waals surface area contributed by atoms with Gasteiger partial charge in [-0.05, 0) is 37.4 Å². The molecule has 1 aromatic heterocycles. The Morgan fingerprint density at radius 1 is 1.17 bits per heavy atom. The van der Waals surface area contributed by atoms with E-state index in [-0.39, 0.29) is 29.3 Å². The Bertz CT molecular complexity index is 765. The fraction of sp³-hybridized carbons (Fsp3) is 0.650. The molecule has 3 heterocycles. The smallest absolute Gasteiger partial charge is 0.320 e. The molecule has 8 nitrogen and oxygen atoms in total. The monoisotopic (exact) mass is 421 g/mol. The Hall–Kier alpha value is -2.13. The lowest BCUT2D eigenvalue weighted by Crippen LogP contribution is -2.44. The van der Waals surface area contributed by atoms with E-state index >= 15 is 0 Å². The summed E-state index contributed by atoms with van der Waals surface area (Å²) >= 11 is 1.44. The number of carbonyl (C=O) groups is 3. The number of amides is 4. The van der Waals surface area contributed by atoms with Crippen molar-refractivity contribution in [3.05, 3.63) is 16.5 Å². The van der Waals surface area contributed by atoms with Gasteiger partial charge < -0.3 is 20.9 Å². The van der Waals surface area contributed by atoms with Gasteiger partial charge in [0.15, 0.2) is 0 Å². The highest BCUT2D eigenvalue weighted by Crippen LogP contribution is 2.36. The number of piperidine rings is 1. The summed E-state index contributed by atoms with van der Waals surface area (Å²) in [5.74, 6) is -0.189. The topological polar surface area (TPSA) is 103 Å². The van der Waals surface area contributed by atoms with Crippen LogP contribution in [0.3, 0.4) is 0 Å². The molecule has 0 atom stereocenters. The van der Waals surface area contributed by atoms with Gasteiger partial charge in [-0.15, -0.1) is 11.3 Å². The van der Waals surface area contributed by atoms with Crippen LogP contribution < -0.4 is 21.3 Å². The van der Waals surface area contributed by atoms with E-state index in [1.165, 1.54) is 11.3 Å². The Morgan fingerprint density at radius 3 is 2.59 bits per heavy atom. The number of nitrogens with zero attached hydrogens (tertiary/aromatic N) is 1. The largest absolute Gasteiger partial charge is 0.354 e. The third-order valence-electron chi connectivity index (χ3n) is 5.20. The summed E-state index contributed by atoms with van der Waals surface area (Å²) in [6.45, 7) is 9.33.